The lowest BCUT2D eigenvalue weighted by Crippen LogP contribution is -2.25. The minimum atomic E-state index is 0.698. The molecule has 0 spiro atoms. The van der Waals surface area contributed by atoms with Crippen LogP contribution in [-0.2, 0) is 0 Å². The summed E-state index contributed by atoms with van der Waals surface area (Å²) in [6.45, 7) is 7.71. The van der Waals surface area contributed by atoms with Crippen LogP contribution in [0.3, 0.4) is 0 Å². The van der Waals surface area contributed by atoms with Crippen molar-refractivity contribution in [1.82, 2.24) is 5.32 Å². The van der Waals surface area contributed by atoms with E-state index in [2.05, 4.69) is 26.1 Å². The van der Waals surface area contributed by atoms with Crippen molar-refractivity contribution in [2.75, 3.05) is 18.1 Å². The van der Waals surface area contributed by atoms with Gasteiger partial charge in [-0.05, 0) is 31.4 Å². The minimum Gasteiger partial charge on any atom is -0.315 e. The standard InChI is InChI=1S/C8H19NS/c1-4-9-8(3)6-7-10-5-2/h8-9H,4-7H2,1-3H3. The summed E-state index contributed by atoms with van der Waals surface area (Å²) in [6, 6.07) is 0.698. The summed E-state index contributed by atoms with van der Waals surface area (Å²) in [5.41, 5.74) is 0. The van der Waals surface area contributed by atoms with Crippen molar-refractivity contribution in [3.05, 3.63) is 0 Å². The SMILES string of the molecule is CCNC(C)CCSCC. The Morgan fingerprint density at radius 1 is 1.40 bits per heavy atom. The molecule has 0 aromatic carbocycles. The molecule has 0 aromatic heterocycles. The number of thioether (sulfide) groups is 1. The van der Waals surface area contributed by atoms with Crippen LogP contribution in [-0.4, -0.2) is 24.1 Å². The highest BCUT2D eigenvalue weighted by molar-refractivity contribution is 7.99. The van der Waals surface area contributed by atoms with Gasteiger partial charge in [0.25, 0.3) is 0 Å². The lowest BCUT2D eigenvalue weighted by Gasteiger charge is -2.10. The minimum absolute atomic E-state index is 0.698. The normalized spacial score (nSPS) is 13.5. The molecule has 0 saturated heterocycles. The van der Waals surface area contributed by atoms with Crippen molar-refractivity contribution in [3.8, 4) is 0 Å². The van der Waals surface area contributed by atoms with Crippen LogP contribution in [0, 0.1) is 0 Å². The predicted octanol–water partition coefficient (Wildman–Crippen LogP) is 2.13. The van der Waals surface area contributed by atoms with Crippen LogP contribution < -0.4 is 5.32 Å². The predicted molar refractivity (Wildman–Crippen MR) is 50.8 cm³/mol. The quantitative estimate of drug-likeness (QED) is 0.599. The average molecular weight is 161 g/mol. The van der Waals surface area contributed by atoms with E-state index >= 15 is 0 Å². The van der Waals surface area contributed by atoms with Gasteiger partial charge in [-0.15, -0.1) is 0 Å². The monoisotopic (exact) mass is 161 g/mol. The molecule has 0 aliphatic carbocycles. The van der Waals surface area contributed by atoms with Gasteiger partial charge in [-0.2, -0.15) is 11.8 Å². The van der Waals surface area contributed by atoms with Crippen LogP contribution in [0.2, 0.25) is 0 Å². The largest absolute Gasteiger partial charge is 0.315 e. The topological polar surface area (TPSA) is 12.0 Å². The van der Waals surface area contributed by atoms with Crippen molar-refractivity contribution in [3.63, 3.8) is 0 Å². The van der Waals surface area contributed by atoms with E-state index in [1.165, 1.54) is 17.9 Å². The Bertz CT molecular complexity index is 66.3. The second kappa shape index (κ2) is 7.42. The molecule has 0 saturated carbocycles. The molecule has 1 N–H and O–H groups in total. The van der Waals surface area contributed by atoms with Crippen molar-refractivity contribution in [2.45, 2.75) is 33.2 Å². The number of hydrogen-bond donors (Lipinski definition) is 1. The number of hydrogen-bond acceptors (Lipinski definition) is 2. The summed E-state index contributed by atoms with van der Waals surface area (Å²) in [4.78, 5) is 0. The number of nitrogens with one attached hydrogen (secondary N) is 1. The third kappa shape index (κ3) is 6.43. The molecule has 0 aliphatic rings. The molecule has 1 unspecified atom stereocenters. The zero-order chi connectivity index (χ0) is 7.82. The zero-order valence-corrected chi connectivity index (χ0v) is 8.13. The Hall–Kier alpha value is 0.310. The number of rotatable bonds is 6. The van der Waals surface area contributed by atoms with Crippen molar-refractivity contribution < 1.29 is 0 Å². The second-order valence-electron chi connectivity index (χ2n) is 2.44. The Balaban J connectivity index is 2.97. The molecule has 0 amide bonds. The van der Waals surface area contributed by atoms with Crippen molar-refractivity contribution in [2.24, 2.45) is 0 Å². The maximum absolute atomic E-state index is 3.39. The van der Waals surface area contributed by atoms with E-state index < -0.39 is 0 Å². The fourth-order valence-electron chi connectivity index (χ4n) is 0.855. The lowest BCUT2D eigenvalue weighted by molar-refractivity contribution is 0.556. The first-order chi connectivity index (χ1) is 4.81. The van der Waals surface area contributed by atoms with Gasteiger partial charge in [-0.1, -0.05) is 13.8 Å². The molecule has 0 heterocycles. The van der Waals surface area contributed by atoms with Gasteiger partial charge in [-0.25, -0.2) is 0 Å². The molecule has 10 heavy (non-hydrogen) atoms. The molecule has 0 bridgehead atoms. The van der Waals surface area contributed by atoms with Gasteiger partial charge in [0, 0.05) is 6.04 Å². The fourth-order valence-corrected chi connectivity index (χ4v) is 1.66. The highest BCUT2D eigenvalue weighted by atomic mass is 32.2. The molecule has 0 aliphatic heterocycles. The van der Waals surface area contributed by atoms with Crippen LogP contribution in [0.25, 0.3) is 0 Å². The molecule has 1 nitrogen and oxygen atoms in total. The summed E-state index contributed by atoms with van der Waals surface area (Å²) >= 11 is 2.02. The second-order valence-corrected chi connectivity index (χ2v) is 3.84. The summed E-state index contributed by atoms with van der Waals surface area (Å²) in [5, 5.41) is 3.39. The van der Waals surface area contributed by atoms with E-state index in [-0.39, 0.29) is 0 Å². The van der Waals surface area contributed by atoms with Crippen molar-refractivity contribution in [1.29, 1.82) is 0 Å². The van der Waals surface area contributed by atoms with Gasteiger partial charge in [0.1, 0.15) is 0 Å². The molecule has 62 valence electrons. The van der Waals surface area contributed by atoms with Crippen LogP contribution in [0.4, 0.5) is 0 Å². The highest BCUT2D eigenvalue weighted by Gasteiger charge is 1.97. The summed E-state index contributed by atoms with van der Waals surface area (Å²) in [6.07, 6.45) is 1.30. The Kier molecular flexibility index (Phi) is 7.65. The summed E-state index contributed by atoms with van der Waals surface area (Å²) in [7, 11) is 0. The van der Waals surface area contributed by atoms with Crippen LogP contribution in [0.5, 0.6) is 0 Å². The van der Waals surface area contributed by atoms with E-state index in [0.29, 0.717) is 6.04 Å². The van der Waals surface area contributed by atoms with Gasteiger partial charge >= 0.3 is 0 Å². The van der Waals surface area contributed by atoms with E-state index in [1.807, 2.05) is 11.8 Å². The molecule has 0 rings (SSSR count). The Morgan fingerprint density at radius 3 is 2.60 bits per heavy atom. The van der Waals surface area contributed by atoms with Gasteiger partial charge in [0.2, 0.25) is 0 Å². The van der Waals surface area contributed by atoms with Crippen molar-refractivity contribution >= 4 is 11.8 Å². The molecular formula is C8H19NS. The lowest BCUT2D eigenvalue weighted by atomic mass is 10.3. The van der Waals surface area contributed by atoms with Gasteiger partial charge in [0.05, 0.1) is 0 Å². The summed E-state index contributed by atoms with van der Waals surface area (Å²) < 4.78 is 0. The van der Waals surface area contributed by atoms with E-state index in [0.717, 1.165) is 6.54 Å². The molecule has 1 atom stereocenters. The zero-order valence-electron chi connectivity index (χ0n) is 7.31. The third-order valence-corrected chi connectivity index (χ3v) is 2.38. The van der Waals surface area contributed by atoms with E-state index in [9.17, 15) is 0 Å². The van der Waals surface area contributed by atoms with E-state index in [1.54, 1.807) is 0 Å². The molecule has 0 aromatic rings. The first-order valence-electron chi connectivity index (χ1n) is 4.12. The van der Waals surface area contributed by atoms with Crippen LogP contribution >= 0.6 is 11.8 Å². The molecule has 0 radical (unpaired) electrons. The first kappa shape index (κ1) is 10.3. The molecular weight excluding hydrogens is 142 g/mol. The highest BCUT2D eigenvalue weighted by Crippen LogP contribution is 2.03. The van der Waals surface area contributed by atoms with Gasteiger partial charge in [-0.3, -0.25) is 0 Å². The first-order valence-corrected chi connectivity index (χ1v) is 5.27. The summed E-state index contributed by atoms with van der Waals surface area (Å²) in [5.74, 6) is 2.55. The maximum atomic E-state index is 3.39. The average Bonchev–Trinajstić information content (AvgIpc) is 1.89. The van der Waals surface area contributed by atoms with E-state index in [4.69, 9.17) is 0 Å². The van der Waals surface area contributed by atoms with Gasteiger partial charge in [0.15, 0.2) is 0 Å². The maximum Gasteiger partial charge on any atom is 0.00464 e. The molecule has 2 heteroatoms. The third-order valence-electron chi connectivity index (χ3n) is 1.45. The van der Waals surface area contributed by atoms with Gasteiger partial charge < -0.3 is 5.32 Å². The van der Waals surface area contributed by atoms with Crippen LogP contribution in [0.15, 0.2) is 0 Å². The van der Waals surface area contributed by atoms with Crippen LogP contribution in [0.1, 0.15) is 27.2 Å². The molecule has 0 fully saturated rings. The Morgan fingerprint density at radius 2 is 2.10 bits per heavy atom. The Labute approximate surface area is 69.0 Å². The smallest absolute Gasteiger partial charge is 0.00464 e. The fraction of sp³-hybridized carbons (Fsp3) is 1.00.